The molecule has 0 spiro atoms. The van der Waals surface area contributed by atoms with Crippen molar-refractivity contribution in [3.63, 3.8) is 0 Å². The zero-order valence-corrected chi connectivity index (χ0v) is 10.0. The average molecular weight is 235 g/mol. The van der Waals surface area contributed by atoms with Gasteiger partial charge in [-0.15, -0.1) is 0 Å². The standard InChI is InChI=1S/C13H15ClN2/c1-16-7-3-6-13(16)10-15-9-11-4-2-5-12(14)8-11/h2-8,15H,9-10H2,1H3. The van der Waals surface area contributed by atoms with Crippen LogP contribution in [0.5, 0.6) is 0 Å². The molecule has 0 bridgehead atoms. The summed E-state index contributed by atoms with van der Waals surface area (Å²) in [7, 11) is 2.05. The normalized spacial score (nSPS) is 10.6. The molecule has 3 heteroatoms. The highest BCUT2D eigenvalue weighted by Crippen LogP contribution is 2.10. The highest BCUT2D eigenvalue weighted by Gasteiger charge is 1.97. The number of hydrogen-bond donors (Lipinski definition) is 1. The largest absolute Gasteiger partial charge is 0.353 e. The van der Waals surface area contributed by atoms with E-state index in [9.17, 15) is 0 Å². The van der Waals surface area contributed by atoms with Crippen molar-refractivity contribution in [2.75, 3.05) is 0 Å². The Labute approximate surface area is 101 Å². The van der Waals surface area contributed by atoms with E-state index in [1.165, 1.54) is 11.3 Å². The van der Waals surface area contributed by atoms with Crippen molar-refractivity contribution < 1.29 is 0 Å². The van der Waals surface area contributed by atoms with E-state index < -0.39 is 0 Å². The second-order valence-corrected chi connectivity index (χ2v) is 4.28. The minimum atomic E-state index is 0.790. The average Bonchev–Trinajstić information content (AvgIpc) is 2.65. The van der Waals surface area contributed by atoms with E-state index in [1.807, 2.05) is 18.2 Å². The number of halogens is 1. The molecule has 1 aromatic carbocycles. The first-order valence-corrected chi connectivity index (χ1v) is 5.69. The monoisotopic (exact) mass is 234 g/mol. The Bertz CT molecular complexity index is 462. The lowest BCUT2D eigenvalue weighted by molar-refractivity contribution is 0.655. The quantitative estimate of drug-likeness (QED) is 0.861. The van der Waals surface area contributed by atoms with Gasteiger partial charge in [-0.3, -0.25) is 0 Å². The summed E-state index contributed by atoms with van der Waals surface area (Å²) >= 11 is 5.92. The van der Waals surface area contributed by atoms with Crippen LogP contribution in [-0.2, 0) is 20.1 Å². The molecule has 84 valence electrons. The smallest absolute Gasteiger partial charge is 0.0409 e. The van der Waals surface area contributed by atoms with Crippen molar-refractivity contribution in [2.24, 2.45) is 7.05 Å². The second-order valence-electron chi connectivity index (χ2n) is 3.84. The van der Waals surface area contributed by atoms with E-state index in [4.69, 9.17) is 11.6 Å². The Morgan fingerprint density at radius 2 is 2.06 bits per heavy atom. The van der Waals surface area contributed by atoms with Crippen LogP contribution in [0.4, 0.5) is 0 Å². The van der Waals surface area contributed by atoms with Crippen molar-refractivity contribution in [3.05, 3.63) is 58.9 Å². The van der Waals surface area contributed by atoms with Gasteiger partial charge in [-0.2, -0.15) is 0 Å². The lowest BCUT2D eigenvalue weighted by Crippen LogP contribution is -2.14. The maximum Gasteiger partial charge on any atom is 0.0409 e. The predicted octanol–water partition coefficient (Wildman–Crippen LogP) is 2.97. The molecular formula is C13H15ClN2. The molecule has 0 radical (unpaired) electrons. The van der Waals surface area contributed by atoms with Crippen LogP contribution in [0.15, 0.2) is 42.6 Å². The van der Waals surface area contributed by atoms with Gasteiger partial charge < -0.3 is 9.88 Å². The highest BCUT2D eigenvalue weighted by atomic mass is 35.5. The minimum Gasteiger partial charge on any atom is -0.353 e. The van der Waals surface area contributed by atoms with Gasteiger partial charge in [0.15, 0.2) is 0 Å². The van der Waals surface area contributed by atoms with Crippen LogP contribution < -0.4 is 5.32 Å². The third kappa shape index (κ3) is 2.87. The summed E-state index contributed by atoms with van der Waals surface area (Å²) < 4.78 is 2.12. The Morgan fingerprint density at radius 1 is 1.19 bits per heavy atom. The van der Waals surface area contributed by atoms with Crippen molar-refractivity contribution in [1.82, 2.24) is 9.88 Å². The molecule has 0 fully saturated rings. The first-order valence-electron chi connectivity index (χ1n) is 5.31. The van der Waals surface area contributed by atoms with Crippen LogP contribution in [0, 0.1) is 0 Å². The Morgan fingerprint density at radius 3 is 2.75 bits per heavy atom. The van der Waals surface area contributed by atoms with Crippen LogP contribution in [-0.4, -0.2) is 4.57 Å². The number of rotatable bonds is 4. The fourth-order valence-corrected chi connectivity index (χ4v) is 1.87. The summed E-state index contributed by atoms with van der Waals surface area (Å²) in [5, 5.41) is 4.18. The molecule has 2 nitrogen and oxygen atoms in total. The molecule has 16 heavy (non-hydrogen) atoms. The summed E-state index contributed by atoms with van der Waals surface area (Å²) in [6.07, 6.45) is 2.05. The van der Waals surface area contributed by atoms with E-state index in [-0.39, 0.29) is 0 Å². The van der Waals surface area contributed by atoms with E-state index in [0.29, 0.717) is 0 Å². The first-order chi connectivity index (χ1) is 7.75. The van der Waals surface area contributed by atoms with Crippen LogP contribution in [0.25, 0.3) is 0 Å². The number of benzene rings is 1. The molecule has 0 saturated carbocycles. The number of hydrogen-bond acceptors (Lipinski definition) is 1. The first kappa shape index (κ1) is 11.2. The summed E-state index contributed by atoms with van der Waals surface area (Å²) in [4.78, 5) is 0. The van der Waals surface area contributed by atoms with Gasteiger partial charge >= 0.3 is 0 Å². The van der Waals surface area contributed by atoms with Gasteiger partial charge in [0.25, 0.3) is 0 Å². The van der Waals surface area contributed by atoms with Gasteiger partial charge in [-0.1, -0.05) is 23.7 Å². The van der Waals surface area contributed by atoms with E-state index in [0.717, 1.165) is 18.1 Å². The van der Waals surface area contributed by atoms with Gasteiger partial charge in [0.2, 0.25) is 0 Å². The Balaban J connectivity index is 1.87. The van der Waals surface area contributed by atoms with Crippen molar-refractivity contribution in [3.8, 4) is 0 Å². The van der Waals surface area contributed by atoms with Crippen LogP contribution in [0.1, 0.15) is 11.3 Å². The molecule has 0 aliphatic heterocycles. The van der Waals surface area contributed by atoms with Crippen molar-refractivity contribution in [1.29, 1.82) is 0 Å². The molecule has 0 aliphatic carbocycles. The molecule has 1 heterocycles. The van der Waals surface area contributed by atoms with Crippen LogP contribution >= 0.6 is 11.6 Å². The zero-order chi connectivity index (χ0) is 11.4. The van der Waals surface area contributed by atoms with Crippen LogP contribution in [0.2, 0.25) is 5.02 Å². The molecule has 0 amide bonds. The van der Waals surface area contributed by atoms with Crippen molar-refractivity contribution >= 4 is 11.6 Å². The van der Waals surface area contributed by atoms with Gasteiger partial charge in [-0.05, 0) is 29.8 Å². The molecule has 0 aliphatic rings. The van der Waals surface area contributed by atoms with E-state index in [2.05, 4.69) is 41.3 Å². The summed E-state index contributed by atoms with van der Waals surface area (Å²) in [6, 6.07) is 12.1. The van der Waals surface area contributed by atoms with Gasteiger partial charge in [0.1, 0.15) is 0 Å². The molecule has 2 rings (SSSR count). The van der Waals surface area contributed by atoms with E-state index >= 15 is 0 Å². The lowest BCUT2D eigenvalue weighted by atomic mass is 10.2. The summed E-state index contributed by atoms with van der Waals surface area (Å²) in [6.45, 7) is 1.71. The fraction of sp³-hybridized carbons (Fsp3) is 0.231. The molecule has 0 saturated heterocycles. The molecule has 1 aromatic heterocycles. The second kappa shape index (κ2) is 5.19. The Kier molecular flexibility index (Phi) is 3.65. The highest BCUT2D eigenvalue weighted by molar-refractivity contribution is 6.30. The number of nitrogens with one attached hydrogen (secondary N) is 1. The zero-order valence-electron chi connectivity index (χ0n) is 9.28. The Hall–Kier alpha value is -1.25. The van der Waals surface area contributed by atoms with Gasteiger partial charge in [0, 0.05) is 37.1 Å². The molecular weight excluding hydrogens is 220 g/mol. The third-order valence-corrected chi connectivity index (χ3v) is 2.81. The van der Waals surface area contributed by atoms with Crippen LogP contribution in [0.3, 0.4) is 0 Å². The van der Waals surface area contributed by atoms with Crippen molar-refractivity contribution in [2.45, 2.75) is 13.1 Å². The fourth-order valence-electron chi connectivity index (χ4n) is 1.66. The number of aryl methyl sites for hydroxylation is 1. The molecule has 0 atom stereocenters. The molecule has 0 unspecified atom stereocenters. The lowest BCUT2D eigenvalue weighted by Gasteiger charge is -2.06. The maximum atomic E-state index is 5.92. The van der Waals surface area contributed by atoms with Gasteiger partial charge in [0.05, 0.1) is 0 Å². The molecule has 2 aromatic rings. The van der Waals surface area contributed by atoms with Gasteiger partial charge in [-0.25, -0.2) is 0 Å². The SMILES string of the molecule is Cn1cccc1CNCc1cccc(Cl)c1. The number of nitrogens with zero attached hydrogens (tertiary/aromatic N) is 1. The topological polar surface area (TPSA) is 17.0 Å². The minimum absolute atomic E-state index is 0.790. The summed E-state index contributed by atoms with van der Waals surface area (Å²) in [5.74, 6) is 0. The third-order valence-electron chi connectivity index (χ3n) is 2.58. The summed E-state index contributed by atoms with van der Waals surface area (Å²) in [5.41, 5.74) is 2.49. The van der Waals surface area contributed by atoms with E-state index in [1.54, 1.807) is 0 Å². The predicted molar refractivity (Wildman–Crippen MR) is 67.4 cm³/mol. The number of aromatic nitrogens is 1. The molecule has 1 N–H and O–H groups in total. The maximum absolute atomic E-state index is 5.92.